The summed E-state index contributed by atoms with van der Waals surface area (Å²) in [4.78, 5) is 7.80. The molecule has 0 aliphatic carbocycles. The lowest BCUT2D eigenvalue weighted by atomic mass is 9.99. The molecule has 0 aliphatic rings. The molecule has 3 nitrogen and oxygen atoms in total. The van der Waals surface area contributed by atoms with Crippen LogP contribution in [0, 0.1) is 12.7 Å². The summed E-state index contributed by atoms with van der Waals surface area (Å²) >= 11 is 0. The van der Waals surface area contributed by atoms with E-state index in [1.165, 1.54) is 28.5 Å². The molecule has 4 aromatic rings. The molecule has 25 heavy (non-hydrogen) atoms. The Hall–Kier alpha value is -3.14. The maximum atomic E-state index is 13.0. The van der Waals surface area contributed by atoms with Crippen LogP contribution in [0.15, 0.2) is 66.9 Å². The Balaban J connectivity index is 1.57. The predicted octanol–water partition coefficient (Wildman–Crippen LogP) is 5.29. The molecule has 3 aromatic carbocycles. The first-order chi connectivity index (χ1) is 12.2. The lowest BCUT2D eigenvalue weighted by Crippen LogP contribution is -2.00. The van der Waals surface area contributed by atoms with E-state index in [4.69, 9.17) is 0 Å². The summed E-state index contributed by atoms with van der Waals surface area (Å²) in [7, 11) is 0. The van der Waals surface area contributed by atoms with Gasteiger partial charge in [0.25, 0.3) is 0 Å². The number of aromatic amines is 1. The molecule has 0 saturated carbocycles. The van der Waals surface area contributed by atoms with Crippen molar-refractivity contribution in [3.8, 4) is 11.3 Å². The van der Waals surface area contributed by atoms with E-state index in [0.29, 0.717) is 12.5 Å². The quantitative estimate of drug-likeness (QED) is 0.533. The van der Waals surface area contributed by atoms with Crippen LogP contribution in [-0.2, 0) is 6.54 Å². The number of nitrogens with zero attached hydrogens (tertiary/aromatic N) is 1. The van der Waals surface area contributed by atoms with Crippen LogP contribution in [-0.4, -0.2) is 9.97 Å². The summed E-state index contributed by atoms with van der Waals surface area (Å²) in [6.07, 6.45) is 1.91. The van der Waals surface area contributed by atoms with Crippen molar-refractivity contribution in [2.45, 2.75) is 13.5 Å². The number of aromatic nitrogens is 2. The molecule has 1 aromatic heterocycles. The van der Waals surface area contributed by atoms with Gasteiger partial charge in [0.15, 0.2) is 0 Å². The Morgan fingerprint density at radius 3 is 2.64 bits per heavy atom. The number of imidazole rings is 1. The SMILES string of the molecule is Cc1c(-c2c[nH]c(NCc3ccc(F)cc3)n2)ccc2ccccc12. The van der Waals surface area contributed by atoms with Crippen molar-refractivity contribution in [1.82, 2.24) is 9.97 Å². The normalized spacial score (nSPS) is 11.0. The number of halogens is 1. The van der Waals surface area contributed by atoms with Gasteiger partial charge in [-0.1, -0.05) is 48.5 Å². The second kappa shape index (κ2) is 6.40. The highest BCUT2D eigenvalue weighted by molar-refractivity contribution is 5.91. The van der Waals surface area contributed by atoms with Gasteiger partial charge in [0, 0.05) is 18.3 Å². The number of benzene rings is 3. The summed E-state index contributed by atoms with van der Waals surface area (Å²) in [5.74, 6) is 0.475. The Labute approximate surface area is 145 Å². The lowest BCUT2D eigenvalue weighted by molar-refractivity contribution is 0.627. The fraction of sp³-hybridized carbons (Fsp3) is 0.0952. The molecule has 0 fully saturated rings. The van der Waals surface area contributed by atoms with E-state index < -0.39 is 0 Å². The lowest BCUT2D eigenvalue weighted by Gasteiger charge is -2.07. The van der Waals surface area contributed by atoms with Crippen LogP contribution in [0.2, 0.25) is 0 Å². The number of hydrogen-bond acceptors (Lipinski definition) is 2. The van der Waals surface area contributed by atoms with Crippen LogP contribution >= 0.6 is 0 Å². The van der Waals surface area contributed by atoms with Crippen LogP contribution in [0.5, 0.6) is 0 Å². The second-order valence-electron chi connectivity index (χ2n) is 6.07. The highest BCUT2D eigenvalue weighted by Crippen LogP contribution is 2.29. The van der Waals surface area contributed by atoms with Crippen molar-refractivity contribution >= 4 is 16.7 Å². The molecule has 2 N–H and O–H groups in total. The average molecular weight is 331 g/mol. The number of aryl methyl sites for hydroxylation is 1. The highest BCUT2D eigenvalue weighted by atomic mass is 19.1. The molecular weight excluding hydrogens is 313 g/mol. The molecule has 0 amide bonds. The van der Waals surface area contributed by atoms with Crippen LogP contribution in [0.3, 0.4) is 0 Å². The van der Waals surface area contributed by atoms with Gasteiger partial charge in [-0.25, -0.2) is 9.37 Å². The molecular formula is C21H18FN3. The Bertz CT molecular complexity index is 1020. The highest BCUT2D eigenvalue weighted by Gasteiger charge is 2.09. The van der Waals surface area contributed by atoms with E-state index >= 15 is 0 Å². The maximum absolute atomic E-state index is 13.0. The minimum Gasteiger partial charge on any atom is -0.352 e. The van der Waals surface area contributed by atoms with Gasteiger partial charge in [-0.15, -0.1) is 0 Å². The molecule has 0 atom stereocenters. The number of H-pyrrole nitrogens is 1. The Morgan fingerprint density at radius 1 is 1.00 bits per heavy atom. The Morgan fingerprint density at radius 2 is 1.80 bits per heavy atom. The van der Waals surface area contributed by atoms with Crippen molar-refractivity contribution in [3.63, 3.8) is 0 Å². The van der Waals surface area contributed by atoms with Gasteiger partial charge in [0.1, 0.15) is 5.82 Å². The zero-order valence-electron chi connectivity index (χ0n) is 13.9. The zero-order valence-corrected chi connectivity index (χ0v) is 13.9. The average Bonchev–Trinajstić information content (AvgIpc) is 3.10. The number of hydrogen-bond donors (Lipinski definition) is 2. The fourth-order valence-corrected chi connectivity index (χ4v) is 3.04. The molecule has 4 heteroatoms. The van der Waals surface area contributed by atoms with Gasteiger partial charge < -0.3 is 10.3 Å². The maximum Gasteiger partial charge on any atom is 0.200 e. The van der Waals surface area contributed by atoms with Gasteiger partial charge in [0.05, 0.1) is 5.69 Å². The molecule has 0 saturated heterocycles. The van der Waals surface area contributed by atoms with Gasteiger partial charge in [-0.05, 0) is 41.0 Å². The molecule has 0 aliphatic heterocycles. The third-order valence-electron chi connectivity index (χ3n) is 4.43. The first-order valence-corrected chi connectivity index (χ1v) is 8.23. The van der Waals surface area contributed by atoms with Gasteiger partial charge in [0.2, 0.25) is 5.95 Å². The number of fused-ring (bicyclic) bond motifs is 1. The third kappa shape index (κ3) is 3.11. The van der Waals surface area contributed by atoms with Gasteiger partial charge in [-0.3, -0.25) is 0 Å². The zero-order chi connectivity index (χ0) is 17.2. The minimum absolute atomic E-state index is 0.226. The van der Waals surface area contributed by atoms with E-state index in [2.05, 4.69) is 52.5 Å². The first kappa shape index (κ1) is 15.4. The summed E-state index contributed by atoms with van der Waals surface area (Å²) in [6, 6.07) is 19.0. The largest absolute Gasteiger partial charge is 0.352 e. The van der Waals surface area contributed by atoms with Crippen LogP contribution in [0.1, 0.15) is 11.1 Å². The third-order valence-corrected chi connectivity index (χ3v) is 4.43. The van der Waals surface area contributed by atoms with Crippen molar-refractivity contribution in [3.05, 3.63) is 83.8 Å². The summed E-state index contributed by atoms with van der Waals surface area (Å²) in [5, 5.41) is 5.71. The molecule has 1 heterocycles. The molecule has 0 bridgehead atoms. The standard InChI is InChI=1S/C21H18FN3/c1-14-18-5-3-2-4-16(18)8-11-19(14)20-13-24-21(25-20)23-12-15-6-9-17(22)10-7-15/h2-11,13H,12H2,1H3,(H2,23,24,25). The first-order valence-electron chi connectivity index (χ1n) is 8.23. The van der Waals surface area contributed by atoms with Crippen LogP contribution in [0.25, 0.3) is 22.0 Å². The van der Waals surface area contributed by atoms with E-state index in [1.54, 1.807) is 12.1 Å². The van der Waals surface area contributed by atoms with E-state index in [9.17, 15) is 4.39 Å². The van der Waals surface area contributed by atoms with Crippen molar-refractivity contribution in [2.75, 3.05) is 5.32 Å². The summed E-state index contributed by atoms with van der Waals surface area (Å²) < 4.78 is 13.0. The molecule has 0 spiro atoms. The smallest absolute Gasteiger partial charge is 0.200 e. The second-order valence-corrected chi connectivity index (χ2v) is 6.07. The van der Waals surface area contributed by atoms with Crippen LogP contribution in [0.4, 0.5) is 10.3 Å². The topological polar surface area (TPSA) is 40.7 Å². The fourth-order valence-electron chi connectivity index (χ4n) is 3.04. The van der Waals surface area contributed by atoms with Crippen molar-refractivity contribution < 1.29 is 4.39 Å². The number of rotatable bonds is 4. The minimum atomic E-state index is -0.226. The molecule has 4 rings (SSSR count). The summed E-state index contributed by atoms with van der Waals surface area (Å²) in [5.41, 5.74) is 4.24. The van der Waals surface area contributed by atoms with E-state index in [1.807, 2.05) is 12.3 Å². The van der Waals surface area contributed by atoms with Gasteiger partial charge in [-0.2, -0.15) is 0 Å². The summed E-state index contributed by atoms with van der Waals surface area (Å²) in [6.45, 7) is 2.71. The molecule has 124 valence electrons. The van der Waals surface area contributed by atoms with Gasteiger partial charge >= 0.3 is 0 Å². The van der Waals surface area contributed by atoms with E-state index in [0.717, 1.165) is 16.8 Å². The monoisotopic (exact) mass is 331 g/mol. The number of nitrogens with one attached hydrogen (secondary N) is 2. The van der Waals surface area contributed by atoms with Crippen molar-refractivity contribution in [1.29, 1.82) is 0 Å². The number of anilines is 1. The van der Waals surface area contributed by atoms with Crippen molar-refractivity contribution in [2.24, 2.45) is 0 Å². The van der Waals surface area contributed by atoms with E-state index in [-0.39, 0.29) is 5.82 Å². The molecule has 0 unspecified atom stereocenters. The predicted molar refractivity (Wildman–Crippen MR) is 100.0 cm³/mol. The molecule has 0 radical (unpaired) electrons. The van der Waals surface area contributed by atoms with Crippen LogP contribution < -0.4 is 5.32 Å². The Kier molecular flexibility index (Phi) is 3.94.